The number of aromatic nitrogens is 2. The molecule has 1 N–H and O–H groups in total. The number of phenols is 1. The van der Waals surface area contributed by atoms with E-state index >= 15 is 0 Å². The maximum atomic E-state index is 10.5. The third-order valence-corrected chi connectivity index (χ3v) is 7.56. The molecule has 3 aromatic carbocycles. The van der Waals surface area contributed by atoms with Crippen LogP contribution in [0.3, 0.4) is 0 Å². The summed E-state index contributed by atoms with van der Waals surface area (Å²) in [7, 11) is 1.75. The van der Waals surface area contributed by atoms with Gasteiger partial charge in [-0.05, 0) is 60.7 Å². The number of benzene rings is 3. The summed E-state index contributed by atoms with van der Waals surface area (Å²) in [5, 5.41) is 21.2. The number of rotatable bonds is 16. The molecule has 7 nitrogen and oxygen atoms in total. The van der Waals surface area contributed by atoms with Gasteiger partial charge in [0.25, 0.3) is 5.69 Å². The van der Waals surface area contributed by atoms with E-state index in [1.165, 1.54) is 114 Å². The van der Waals surface area contributed by atoms with Crippen molar-refractivity contribution in [3.05, 3.63) is 77.1 Å². The monoisotopic (exact) mass is 679 g/mol. The highest BCUT2D eigenvalue weighted by molar-refractivity contribution is 5.85. The molecule has 0 aliphatic heterocycles. The number of hydrogen-bond donors (Lipinski definition) is 1. The number of hydrogen-bond acceptors (Lipinski definition) is 5. The molecule has 0 aliphatic carbocycles. The molecule has 0 spiro atoms. The van der Waals surface area contributed by atoms with Crippen LogP contribution >= 0.6 is 0 Å². The SMILES string of the molecule is CC.CC.CC.CC=NC.CCCCCCCCCCCCCCCCn1cnc2ccccc21.O=[N+]([O-])c1ccc2cc(O)ccc2c1. The zero-order valence-electron chi connectivity index (χ0n) is 32.6. The van der Waals surface area contributed by atoms with Crippen LogP contribution in [-0.2, 0) is 6.54 Å². The van der Waals surface area contributed by atoms with Gasteiger partial charge < -0.3 is 14.7 Å². The van der Waals surface area contributed by atoms with Crippen LogP contribution < -0.4 is 0 Å². The Morgan fingerprint density at radius 2 is 1.20 bits per heavy atom. The minimum absolute atomic E-state index is 0.0585. The van der Waals surface area contributed by atoms with Crippen molar-refractivity contribution in [3.8, 4) is 5.75 Å². The minimum atomic E-state index is -0.438. The minimum Gasteiger partial charge on any atom is -0.508 e. The first-order valence-corrected chi connectivity index (χ1v) is 19.1. The highest BCUT2D eigenvalue weighted by atomic mass is 16.6. The van der Waals surface area contributed by atoms with Crippen LogP contribution in [0.15, 0.2) is 72.0 Å². The molecule has 0 atom stereocenters. The first kappa shape index (κ1) is 47.4. The lowest BCUT2D eigenvalue weighted by Gasteiger charge is -2.05. The lowest BCUT2D eigenvalue weighted by atomic mass is 10.0. The summed E-state index contributed by atoms with van der Waals surface area (Å²) in [6, 6.07) is 17.7. The Morgan fingerprint density at radius 1 is 0.735 bits per heavy atom. The Morgan fingerprint density at radius 3 is 1.71 bits per heavy atom. The molecular weight excluding hydrogens is 608 g/mol. The lowest BCUT2D eigenvalue weighted by molar-refractivity contribution is -0.384. The fraction of sp³-hybridized carbons (Fsp3) is 0.571. The number of nitro groups is 1. The second-order valence-corrected chi connectivity index (χ2v) is 11.0. The number of imidazole rings is 1. The summed E-state index contributed by atoms with van der Waals surface area (Å²) < 4.78 is 2.30. The number of aromatic hydroxyl groups is 1. The van der Waals surface area contributed by atoms with Crippen LogP contribution in [0.4, 0.5) is 5.69 Å². The van der Waals surface area contributed by atoms with Gasteiger partial charge in [-0.3, -0.25) is 10.1 Å². The molecule has 7 heteroatoms. The molecule has 4 aromatic rings. The fourth-order valence-electron chi connectivity index (χ4n) is 5.00. The van der Waals surface area contributed by atoms with Gasteiger partial charge in [0.05, 0.1) is 22.3 Å². The normalized spacial score (nSPS) is 9.90. The zero-order valence-corrected chi connectivity index (χ0v) is 32.6. The van der Waals surface area contributed by atoms with Crippen molar-refractivity contribution in [1.29, 1.82) is 0 Å². The van der Waals surface area contributed by atoms with Crippen molar-refractivity contribution in [1.82, 2.24) is 9.55 Å². The summed E-state index contributed by atoms with van der Waals surface area (Å²) in [6.07, 6.45) is 23.6. The summed E-state index contributed by atoms with van der Waals surface area (Å²) in [4.78, 5) is 18.1. The highest BCUT2D eigenvalue weighted by Gasteiger charge is 2.05. The first-order valence-electron chi connectivity index (χ1n) is 19.1. The molecule has 4 rings (SSSR count). The fourth-order valence-corrected chi connectivity index (χ4v) is 5.00. The molecule has 0 saturated heterocycles. The van der Waals surface area contributed by atoms with Gasteiger partial charge in [-0.2, -0.15) is 0 Å². The second-order valence-electron chi connectivity index (χ2n) is 11.0. The van der Waals surface area contributed by atoms with Crippen LogP contribution in [-0.4, -0.2) is 32.8 Å². The van der Waals surface area contributed by atoms with E-state index in [9.17, 15) is 15.2 Å². The van der Waals surface area contributed by atoms with Gasteiger partial charge in [-0.25, -0.2) is 4.98 Å². The molecule has 0 radical (unpaired) electrons. The third-order valence-electron chi connectivity index (χ3n) is 7.56. The van der Waals surface area contributed by atoms with Gasteiger partial charge in [0, 0.05) is 25.7 Å². The quantitative estimate of drug-likeness (QED) is 0.0552. The average Bonchev–Trinajstić information content (AvgIpc) is 3.57. The van der Waals surface area contributed by atoms with Gasteiger partial charge in [0.1, 0.15) is 5.75 Å². The second kappa shape index (κ2) is 34.1. The van der Waals surface area contributed by atoms with E-state index < -0.39 is 4.92 Å². The number of para-hydroxylation sites is 2. The summed E-state index contributed by atoms with van der Waals surface area (Å²) >= 11 is 0. The number of nitro benzene ring substituents is 1. The zero-order chi connectivity index (χ0) is 37.1. The standard InChI is InChI=1S/C23H38N2.C10H7NO3.C3H7N.3C2H6/c1-2-3-4-5-6-7-8-9-10-11-12-13-14-17-20-25-21-24-22-18-15-16-19-23(22)25;12-10-4-2-7-5-9(11(13)14)3-1-8(7)6-10;1-3-4-2;3*1-2/h15-16,18-19,21H,2-14,17,20H2,1H3;1-6,12H;3H,1-2H3;3*1-2H3. The first-order chi connectivity index (χ1) is 24.0. The number of nitrogens with zero attached hydrogens (tertiary/aromatic N) is 4. The molecular formula is C42H70N4O3. The molecule has 49 heavy (non-hydrogen) atoms. The van der Waals surface area contributed by atoms with Crippen LogP contribution in [0.2, 0.25) is 0 Å². The Labute approximate surface area is 299 Å². The van der Waals surface area contributed by atoms with Gasteiger partial charge in [-0.1, -0.05) is 150 Å². The number of aryl methyl sites for hydroxylation is 1. The van der Waals surface area contributed by atoms with Crippen molar-refractivity contribution in [2.24, 2.45) is 4.99 Å². The number of fused-ring (bicyclic) bond motifs is 2. The van der Waals surface area contributed by atoms with E-state index in [4.69, 9.17) is 0 Å². The molecule has 0 fully saturated rings. The molecule has 0 aliphatic rings. The van der Waals surface area contributed by atoms with E-state index in [2.05, 4.69) is 45.7 Å². The number of unbranched alkanes of at least 4 members (excludes halogenated alkanes) is 13. The molecule has 0 bridgehead atoms. The maximum absolute atomic E-state index is 10.5. The highest BCUT2D eigenvalue weighted by Crippen LogP contribution is 2.24. The summed E-state index contributed by atoms with van der Waals surface area (Å²) in [5.74, 6) is 0.159. The molecule has 1 heterocycles. The van der Waals surface area contributed by atoms with Crippen LogP contribution in [0.5, 0.6) is 5.75 Å². The number of phenolic OH excluding ortho intramolecular Hbond substituents is 1. The van der Waals surface area contributed by atoms with Gasteiger partial charge in [-0.15, -0.1) is 0 Å². The number of non-ortho nitro benzene ring substituents is 1. The molecule has 0 unspecified atom stereocenters. The van der Waals surface area contributed by atoms with Crippen LogP contribution in [0.25, 0.3) is 21.8 Å². The lowest BCUT2D eigenvalue weighted by Crippen LogP contribution is -1.95. The predicted molar refractivity (Wildman–Crippen MR) is 216 cm³/mol. The van der Waals surface area contributed by atoms with Crippen molar-refractivity contribution >= 4 is 33.7 Å². The molecule has 0 saturated carbocycles. The smallest absolute Gasteiger partial charge is 0.270 e. The topological polar surface area (TPSA) is 93.5 Å². The number of aliphatic imine (C=N–C) groups is 1. The van der Waals surface area contributed by atoms with Gasteiger partial charge >= 0.3 is 0 Å². The van der Waals surface area contributed by atoms with E-state index in [1.54, 1.807) is 31.5 Å². The molecule has 1 aromatic heterocycles. The summed E-state index contributed by atoms with van der Waals surface area (Å²) in [6.45, 7) is 17.3. The Kier molecular flexibility index (Phi) is 33.0. The largest absolute Gasteiger partial charge is 0.508 e. The van der Waals surface area contributed by atoms with Crippen LogP contribution in [0, 0.1) is 10.1 Å². The molecule has 276 valence electrons. The maximum Gasteiger partial charge on any atom is 0.270 e. The third kappa shape index (κ3) is 22.5. The Hall–Kier alpha value is -3.74. The van der Waals surface area contributed by atoms with E-state index in [-0.39, 0.29) is 11.4 Å². The summed E-state index contributed by atoms with van der Waals surface area (Å²) in [5.41, 5.74) is 2.45. The predicted octanol–water partition coefficient (Wildman–Crippen LogP) is 13.8. The van der Waals surface area contributed by atoms with Gasteiger partial charge in [0.2, 0.25) is 0 Å². The van der Waals surface area contributed by atoms with Crippen molar-refractivity contribution in [2.45, 2.75) is 152 Å². The molecule has 0 amide bonds. The van der Waals surface area contributed by atoms with E-state index in [0.29, 0.717) is 0 Å². The average molecular weight is 679 g/mol. The van der Waals surface area contributed by atoms with Gasteiger partial charge in [0.15, 0.2) is 0 Å². The van der Waals surface area contributed by atoms with E-state index in [1.807, 2.05) is 54.8 Å². The van der Waals surface area contributed by atoms with E-state index in [0.717, 1.165) is 22.8 Å². The van der Waals surface area contributed by atoms with Crippen molar-refractivity contribution in [2.75, 3.05) is 7.05 Å². The van der Waals surface area contributed by atoms with Crippen LogP contribution in [0.1, 0.15) is 145 Å². The van der Waals surface area contributed by atoms with Crippen molar-refractivity contribution in [3.63, 3.8) is 0 Å². The Balaban J connectivity index is 0. The van der Waals surface area contributed by atoms with Crippen molar-refractivity contribution < 1.29 is 10.0 Å². The Bertz CT molecular complexity index is 1350.